The van der Waals surface area contributed by atoms with Crippen molar-refractivity contribution in [3.8, 4) is 0 Å². The zero-order valence-electron chi connectivity index (χ0n) is 49.8. The number of ether oxygens (including phenoxy) is 3. The van der Waals surface area contributed by atoms with Crippen molar-refractivity contribution in [1.29, 1.82) is 0 Å². The third-order valence-electron chi connectivity index (χ3n) is 16.6. The summed E-state index contributed by atoms with van der Waals surface area (Å²) in [5.74, 6) is -5.92. The minimum Gasteiger partial charge on any atom is -0.481 e. The molecule has 1 atom stereocenters. The van der Waals surface area contributed by atoms with Gasteiger partial charge in [-0.15, -0.1) is 0 Å². The molecule has 0 bridgehead atoms. The SMILES string of the molecule is CC(C)(C)OC(=O)CCC1(CCC(=O)O)C2=C(c3ccccc31)C(CCC(=O)OC(C)(C)C)(CCC(=O)OC(C)(C)C)c1ccccc12.O=C(O)CCC1(CCC(=O)O)C2=C(c3ccccc31)C(CCC(=O)O)(CCC(=O)O)c1ccccc12. The lowest BCUT2D eigenvalue weighted by Gasteiger charge is -2.36. The van der Waals surface area contributed by atoms with E-state index in [4.69, 9.17) is 14.2 Å². The highest BCUT2D eigenvalue weighted by Gasteiger charge is 2.58. The number of carbonyl (C=O) groups excluding carboxylic acids is 3. The van der Waals surface area contributed by atoms with Gasteiger partial charge in [0.25, 0.3) is 0 Å². The maximum Gasteiger partial charge on any atom is 0.306 e. The van der Waals surface area contributed by atoms with Crippen molar-refractivity contribution in [2.24, 2.45) is 0 Å². The number of carbonyl (C=O) groups is 8. The van der Waals surface area contributed by atoms with Crippen LogP contribution in [0.1, 0.15) is 210 Å². The molecule has 0 spiro atoms. The zero-order valence-corrected chi connectivity index (χ0v) is 49.8. The van der Waals surface area contributed by atoms with Gasteiger partial charge in [-0.1, -0.05) is 97.1 Å². The molecule has 0 fully saturated rings. The van der Waals surface area contributed by atoms with Crippen molar-refractivity contribution in [3.05, 3.63) is 142 Å². The summed E-state index contributed by atoms with van der Waals surface area (Å²) < 4.78 is 17.2. The number of allylic oxidation sites excluding steroid dienone is 4. The maximum atomic E-state index is 13.3. The number of hydrogen-bond donors (Lipinski definition) is 5. The average molecular weight is 1150 g/mol. The highest BCUT2D eigenvalue weighted by atomic mass is 16.6. The second-order valence-electron chi connectivity index (χ2n) is 25.7. The lowest BCUT2D eigenvalue weighted by molar-refractivity contribution is -0.156. The molecular formula is C68H80O16. The molecule has 4 aromatic rings. The number of carboxylic acids is 5. The third kappa shape index (κ3) is 13.5. The first-order chi connectivity index (χ1) is 39.3. The van der Waals surface area contributed by atoms with Crippen LogP contribution in [-0.4, -0.2) is 90.1 Å². The third-order valence-corrected chi connectivity index (χ3v) is 16.6. The van der Waals surface area contributed by atoms with Gasteiger partial charge in [-0.25, -0.2) is 0 Å². The van der Waals surface area contributed by atoms with Gasteiger partial charge in [-0.2, -0.15) is 0 Å². The van der Waals surface area contributed by atoms with Crippen LogP contribution in [0.25, 0.3) is 22.3 Å². The van der Waals surface area contributed by atoms with Crippen molar-refractivity contribution < 1.29 is 78.1 Å². The first-order valence-corrected chi connectivity index (χ1v) is 28.9. The van der Waals surface area contributed by atoms with Crippen LogP contribution in [0.4, 0.5) is 0 Å². The molecule has 0 radical (unpaired) electrons. The summed E-state index contributed by atoms with van der Waals surface area (Å²) in [5, 5.41) is 48.3. The average Bonchev–Trinajstić information content (AvgIpc) is 1.75. The molecule has 0 aromatic heterocycles. The van der Waals surface area contributed by atoms with Crippen molar-refractivity contribution in [1.82, 2.24) is 0 Å². The van der Waals surface area contributed by atoms with E-state index in [1.54, 1.807) is 0 Å². The molecule has 0 amide bonds. The highest BCUT2D eigenvalue weighted by Crippen LogP contribution is 2.69. The standard InChI is InChI=1S/C40H52O8.C28H28O8/c1-36(2,3)46-31(43)19-23-39(22-18-30(41)42)28-16-12-10-14-26(28)35-34(39)27-15-11-13-17-29(27)40(35,24-20-32(44)47-37(4,5)6)25-21-33(45)48-38(7,8)9;29-21(30)9-13-27(14-10-22(31)32)19-7-3-1-5-17(19)25-26(27)18-6-2-4-8-20(18)28(25,15-11-23(33)34)16-12-24(35)36/h10-17H,18-25H2,1-9H3,(H,41,42);1-8H,9-16H2,(H,29,30)(H,31,32)(H,33,34)(H,35,36). The monoisotopic (exact) mass is 1150 g/mol. The van der Waals surface area contributed by atoms with Crippen LogP contribution < -0.4 is 0 Å². The Bertz CT molecular complexity index is 3130. The first-order valence-electron chi connectivity index (χ1n) is 28.9. The van der Waals surface area contributed by atoms with Crippen molar-refractivity contribution in [2.45, 2.75) is 204 Å². The van der Waals surface area contributed by atoms with Crippen molar-refractivity contribution >= 4 is 70.0 Å². The van der Waals surface area contributed by atoms with Gasteiger partial charge in [0, 0.05) is 73.0 Å². The molecular weight excluding hydrogens is 1070 g/mol. The molecule has 4 aliphatic carbocycles. The van der Waals surface area contributed by atoms with Gasteiger partial charge >= 0.3 is 47.8 Å². The predicted octanol–water partition coefficient (Wildman–Crippen LogP) is 12.9. The summed E-state index contributed by atoms with van der Waals surface area (Å²) in [7, 11) is 0. The molecule has 16 nitrogen and oxygen atoms in total. The molecule has 0 aliphatic heterocycles. The van der Waals surface area contributed by atoms with Crippen molar-refractivity contribution in [3.63, 3.8) is 0 Å². The largest absolute Gasteiger partial charge is 0.481 e. The number of hydrogen-bond acceptors (Lipinski definition) is 11. The van der Waals surface area contributed by atoms with Crippen LogP contribution in [0, 0.1) is 0 Å². The van der Waals surface area contributed by atoms with Crippen LogP contribution in [-0.2, 0) is 74.2 Å². The quantitative estimate of drug-likeness (QED) is 0.0322. The topological polar surface area (TPSA) is 265 Å². The predicted molar refractivity (Wildman–Crippen MR) is 316 cm³/mol. The van der Waals surface area contributed by atoms with E-state index in [0.29, 0.717) is 19.3 Å². The summed E-state index contributed by atoms with van der Waals surface area (Å²) in [6.07, 6.45) is 1.55. The van der Waals surface area contributed by atoms with E-state index in [0.717, 1.165) is 66.8 Å². The number of benzene rings is 4. The Balaban J connectivity index is 0.000000251. The minimum absolute atomic E-state index is 0.0903. The molecule has 0 heterocycles. The number of fused-ring (bicyclic) bond motifs is 8. The van der Waals surface area contributed by atoms with Crippen molar-refractivity contribution in [2.75, 3.05) is 0 Å². The summed E-state index contributed by atoms with van der Waals surface area (Å²) in [6.45, 7) is 16.5. The van der Waals surface area contributed by atoms with Gasteiger partial charge in [-0.3, -0.25) is 38.4 Å². The Kier molecular flexibility index (Phi) is 18.8. The maximum absolute atomic E-state index is 13.3. The van der Waals surface area contributed by atoms with Gasteiger partial charge in [0.05, 0.1) is 0 Å². The zero-order chi connectivity index (χ0) is 61.8. The molecule has 16 heteroatoms. The van der Waals surface area contributed by atoms with Gasteiger partial charge < -0.3 is 39.7 Å². The lowest BCUT2D eigenvalue weighted by atomic mass is 9.67. The van der Waals surface area contributed by atoms with Crippen LogP contribution in [0.3, 0.4) is 0 Å². The van der Waals surface area contributed by atoms with E-state index >= 15 is 0 Å². The Hall–Kier alpha value is -7.88. The van der Waals surface area contributed by atoms with Gasteiger partial charge in [0.1, 0.15) is 16.8 Å². The fraction of sp³-hybridized carbons (Fsp3) is 0.471. The van der Waals surface area contributed by atoms with Crippen LogP contribution in [0.5, 0.6) is 0 Å². The number of rotatable bonds is 24. The molecule has 4 aliphatic rings. The van der Waals surface area contributed by atoms with Gasteiger partial charge in [0.15, 0.2) is 0 Å². The highest BCUT2D eigenvalue weighted by molar-refractivity contribution is 6.12. The summed E-state index contributed by atoms with van der Waals surface area (Å²) in [4.78, 5) is 98.8. The lowest BCUT2D eigenvalue weighted by Crippen LogP contribution is -2.32. The summed E-state index contributed by atoms with van der Waals surface area (Å²) in [6, 6.07) is 30.9. The Morgan fingerprint density at radius 1 is 0.298 bits per heavy atom. The van der Waals surface area contributed by atoms with E-state index in [1.807, 2.05) is 153 Å². The van der Waals surface area contributed by atoms with Gasteiger partial charge in [-0.05, 0) is 180 Å². The molecule has 0 saturated heterocycles. The smallest absolute Gasteiger partial charge is 0.306 e. The fourth-order valence-corrected chi connectivity index (χ4v) is 13.8. The Labute approximate surface area is 491 Å². The molecule has 5 N–H and O–H groups in total. The van der Waals surface area contributed by atoms with E-state index in [2.05, 4.69) is 6.07 Å². The van der Waals surface area contributed by atoms with Crippen LogP contribution in [0.2, 0.25) is 0 Å². The summed E-state index contributed by atoms with van der Waals surface area (Å²) in [5.41, 5.74) is 5.28. The molecule has 0 saturated carbocycles. The Morgan fingerprint density at radius 2 is 0.464 bits per heavy atom. The number of carboxylic acid groups (broad SMARTS) is 5. The molecule has 448 valence electrons. The number of aliphatic carboxylic acids is 5. The van der Waals surface area contributed by atoms with E-state index < -0.39 is 68.3 Å². The van der Waals surface area contributed by atoms with Crippen LogP contribution >= 0.6 is 0 Å². The first kappa shape index (κ1) is 63.7. The van der Waals surface area contributed by atoms with E-state index in [-0.39, 0.29) is 101 Å². The van der Waals surface area contributed by atoms with E-state index in [9.17, 15) is 63.9 Å². The second-order valence-corrected chi connectivity index (χ2v) is 25.7. The molecule has 84 heavy (non-hydrogen) atoms. The summed E-state index contributed by atoms with van der Waals surface area (Å²) >= 11 is 0. The van der Waals surface area contributed by atoms with E-state index in [1.165, 1.54) is 0 Å². The molecule has 1 unspecified atom stereocenters. The Morgan fingerprint density at radius 3 is 0.631 bits per heavy atom. The molecule has 4 aromatic carbocycles. The normalized spacial score (nSPS) is 17.3. The van der Waals surface area contributed by atoms with Crippen LogP contribution in [0.15, 0.2) is 97.1 Å². The fourth-order valence-electron chi connectivity index (χ4n) is 13.8. The van der Waals surface area contributed by atoms with Gasteiger partial charge in [0.2, 0.25) is 0 Å². The second kappa shape index (κ2) is 24.8. The minimum atomic E-state index is -0.995. The number of esters is 3. The molecule has 8 rings (SSSR count).